The lowest BCUT2D eigenvalue weighted by Crippen LogP contribution is -2.28. The molecule has 0 atom stereocenters. The number of aryl methyl sites for hydroxylation is 1. The van der Waals surface area contributed by atoms with Crippen LogP contribution in [0.3, 0.4) is 0 Å². The lowest BCUT2D eigenvalue weighted by atomic mass is 10.4. The Balaban J connectivity index is 2.13. The third-order valence-electron chi connectivity index (χ3n) is 1.72. The van der Waals surface area contributed by atoms with Crippen molar-refractivity contribution in [1.29, 1.82) is 0 Å². The van der Waals surface area contributed by atoms with Gasteiger partial charge in [-0.15, -0.1) is 0 Å². The molecule has 1 heterocycles. The summed E-state index contributed by atoms with van der Waals surface area (Å²) in [7, 11) is 0. The van der Waals surface area contributed by atoms with Gasteiger partial charge in [0.15, 0.2) is 5.88 Å². The summed E-state index contributed by atoms with van der Waals surface area (Å²) < 4.78 is 5.35. The minimum absolute atomic E-state index is 0.542. The van der Waals surface area contributed by atoms with E-state index in [1.165, 1.54) is 0 Å². The monoisotopic (exact) mass is 182 g/mol. The Morgan fingerprint density at radius 3 is 2.62 bits per heavy atom. The highest BCUT2D eigenvalue weighted by Gasteiger charge is 1.96. The zero-order chi connectivity index (χ0) is 9.68. The summed E-state index contributed by atoms with van der Waals surface area (Å²) in [4.78, 5) is 0. The molecular weight excluding hydrogens is 164 g/mol. The van der Waals surface area contributed by atoms with Crippen molar-refractivity contribution < 1.29 is 4.42 Å². The number of hydrogen-bond acceptors (Lipinski definition) is 3. The summed E-state index contributed by atoms with van der Waals surface area (Å²) in [5.74, 6) is 1.79. The largest absolute Gasteiger partial charge is 0.446 e. The minimum atomic E-state index is 0.542. The van der Waals surface area contributed by atoms with Crippen LogP contribution in [0, 0.1) is 6.92 Å². The van der Waals surface area contributed by atoms with Gasteiger partial charge in [0.05, 0.1) is 0 Å². The molecule has 3 heteroatoms. The van der Waals surface area contributed by atoms with E-state index in [9.17, 15) is 0 Å². The highest BCUT2D eigenvalue weighted by molar-refractivity contribution is 5.31. The van der Waals surface area contributed by atoms with Crippen molar-refractivity contribution in [3.05, 3.63) is 17.9 Å². The van der Waals surface area contributed by atoms with Gasteiger partial charge in [0.25, 0.3) is 0 Å². The van der Waals surface area contributed by atoms with Crippen LogP contribution in [-0.2, 0) is 0 Å². The van der Waals surface area contributed by atoms with Crippen LogP contribution in [0.25, 0.3) is 0 Å². The molecule has 0 spiro atoms. The molecule has 0 aliphatic rings. The summed E-state index contributed by atoms with van der Waals surface area (Å²) in [6.07, 6.45) is 0. The standard InChI is InChI=1S/C10H18N2O/c1-8(2)11-6-7-12-10-5-4-9(3)13-10/h4-5,8,11-12H,6-7H2,1-3H3. The van der Waals surface area contributed by atoms with Crippen molar-refractivity contribution in [3.8, 4) is 0 Å². The van der Waals surface area contributed by atoms with E-state index in [0.717, 1.165) is 24.7 Å². The van der Waals surface area contributed by atoms with Crippen molar-refractivity contribution >= 4 is 5.88 Å². The molecule has 0 unspecified atom stereocenters. The van der Waals surface area contributed by atoms with Gasteiger partial charge in [-0.1, -0.05) is 13.8 Å². The van der Waals surface area contributed by atoms with Gasteiger partial charge in [0.2, 0.25) is 0 Å². The Labute approximate surface area is 79.5 Å². The van der Waals surface area contributed by atoms with E-state index in [4.69, 9.17) is 4.42 Å². The molecule has 0 fully saturated rings. The van der Waals surface area contributed by atoms with Crippen LogP contribution < -0.4 is 10.6 Å². The van der Waals surface area contributed by atoms with Crippen molar-refractivity contribution in [1.82, 2.24) is 5.32 Å². The molecule has 1 aromatic heterocycles. The maximum atomic E-state index is 5.35. The molecule has 0 bridgehead atoms. The van der Waals surface area contributed by atoms with E-state index in [1.54, 1.807) is 0 Å². The van der Waals surface area contributed by atoms with Gasteiger partial charge in [0.1, 0.15) is 5.76 Å². The predicted octanol–water partition coefficient (Wildman–Crippen LogP) is 2.00. The predicted molar refractivity (Wildman–Crippen MR) is 55.1 cm³/mol. The number of nitrogens with one attached hydrogen (secondary N) is 2. The molecule has 0 aliphatic carbocycles. The molecule has 74 valence electrons. The van der Waals surface area contributed by atoms with Crippen molar-refractivity contribution in [2.24, 2.45) is 0 Å². The first-order valence-corrected chi connectivity index (χ1v) is 4.72. The molecule has 0 radical (unpaired) electrons. The third kappa shape index (κ3) is 3.99. The summed E-state index contributed by atoms with van der Waals surface area (Å²) in [6.45, 7) is 8.06. The van der Waals surface area contributed by atoms with Crippen molar-refractivity contribution in [3.63, 3.8) is 0 Å². The van der Waals surface area contributed by atoms with E-state index in [1.807, 2.05) is 19.1 Å². The molecule has 2 N–H and O–H groups in total. The minimum Gasteiger partial charge on any atom is -0.446 e. The molecule has 0 saturated carbocycles. The van der Waals surface area contributed by atoms with E-state index in [-0.39, 0.29) is 0 Å². The summed E-state index contributed by atoms with van der Waals surface area (Å²) in [5.41, 5.74) is 0. The molecule has 0 saturated heterocycles. The smallest absolute Gasteiger partial charge is 0.193 e. The highest BCUT2D eigenvalue weighted by atomic mass is 16.4. The molecular formula is C10H18N2O. The summed E-state index contributed by atoms with van der Waals surface area (Å²) in [6, 6.07) is 4.45. The molecule has 1 rings (SSSR count). The van der Waals surface area contributed by atoms with Gasteiger partial charge in [-0.3, -0.25) is 0 Å². The second-order valence-corrected chi connectivity index (χ2v) is 3.45. The molecule has 3 nitrogen and oxygen atoms in total. The Hall–Kier alpha value is -0.960. The average molecular weight is 182 g/mol. The zero-order valence-electron chi connectivity index (χ0n) is 8.55. The number of rotatable bonds is 5. The zero-order valence-corrected chi connectivity index (χ0v) is 8.55. The number of hydrogen-bond donors (Lipinski definition) is 2. The normalized spacial score (nSPS) is 10.8. The van der Waals surface area contributed by atoms with Crippen LogP contribution in [0.5, 0.6) is 0 Å². The van der Waals surface area contributed by atoms with E-state index >= 15 is 0 Å². The Kier molecular flexibility index (Phi) is 3.83. The highest BCUT2D eigenvalue weighted by Crippen LogP contribution is 2.10. The molecule has 0 aromatic carbocycles. The molecule has 13 heavy (non-hydrogen) atoms. The molecule has 0 aliphatic heterocycles. The first kappa shape index (κ1) is 10.1. The fourth-order valence-electron chi connectivity index (χ4n) is 1.08. The Bertz CT molecular complexity index is 243. The lowest BCUT2D eigenvalue weighted by molar-refractivity contribution is 0.540. The van der Waals surface area contributed by atoms with Crippen LogP contribution in [-0.4, -0.2) is 19.1 Å². The van der Waals surface area contributed by atoms with Crippen LogP contribution in [0.2, 0.25) is 0 Å². The first-order valence-electron chi connectivity index (χ1n) is 4.72. The molecule has 1 aromatic rings. The van der Waals surface area contributed by atoms with Crippen molar-refractivity contribution in [2.75, 3.05) is 18.4 Å². The Morgan fingerprint density at radius 1 is 1.31 bits per heavy atom. The van der Waals surface area contributed by atoms with Gasteiger partial charge in [-0.2, -0.15) is 0 Å². The molecule has 0 amide bonds. The second kappa shape index (κ2) is 4.92. The topological polar surface area (TPSA) is 37.2 Å². The van der Waals surface area contributed by atoms with Crippen LogP contribution in [0.4, 0.5) is 5.88 Å². The SMILES string of the molecule is Cc1ccc(NCCNC(C)C)o1. The third-order valence-corrected chi connectivity index (χ3v) is 1.72. The summed E-state index contributed by atoms with van der Waals surface area (Å²) >= 11 is 0. The number of furan rings is 1. The van der Waals surface area contributed by atoms with Gasteiger partial charge < -0.3 is 15.1 Å². The van der Waals surface area contributed by atoms with E-state index in [0.29, 0.717) is 6.04 Å². The number of anilines is 1. The van der Waals surface area contributed by atoms with Crippen LogP contribution in [0.15, 0.2) is 16.5 Å². The van der Waals surface area contributed by atoms with Crippen molar-refractivity contribution in [2.45, 2.75) is 26.8 Å². The quantitative estimate of drug-likeness (QED) is 0.684. The van der Waals surface area contributed by atoms with Crippen LogP contribution >= 0.6 is 0 Å². The Morgan fingerprint density at radius 2 is 2.08 bits per heavy atom. The van der Waals surface area contributed by atoms with E-state index < -0.39 is 0 Å². The second-order valence-electron chi connectivity index (χ2n) is 3.45. The average Bonchev–Trinajstić information content (AvgIpc) is 2.45. The van der Waals surface area contributed by atoms with Gasteiger partial charge >= 0.3 is 0 Å². The van der Waals surface area contributed by atoms with Gasteiger partial charge in [-0.05, 0) is 13.0 Å². The van der Waals surface area contributed by atoms with Gasteiger partial charge in [0, 0.05) is 25.2 Å². The van der Waals surface area contributed by atoms with Gasteiger partial charge in [-0.25, -0.2) is 0 Å². The fraction of sp³-hybridized carbons (Fsp3) is 0.600. The maximum absolute atomic E-state index is 5.35. The van der Waals surface area contributed by atoms with E-state index in [2.05, 4.69) is 24.5 Å². The maximum Gasteiger partial charge on any atom is 0.193 e. The van der Waals surface area contributed by atoms with Crippen LogP contribution in [0.1, 0.15) is 19.6 Å². The first-order chi connectivity index (χ1) is 6.18. The summed E-state index contributed by atoms with van der Waals surface area (Å²) in [5, 5.41) is 6.51. The fourth-order valence-corrected chi connectivity index (χ4v) is 1.08. The lowest BCUT2D eigenvalue weighted by Gasteiger charge is -2.07.